The van der Waals surface area contributed by atoms with Gasteiger partial charge in [-0.25, -0.2) is 9.18 Å². The van der Waals surface area contributed by atoms with Crippen LogP contribution >= 0.6 is 22.9 Å². The number of hydrogen-bond acceptors (Lipinski definition) is 4. The predicted molar refractivity (Wildman–Crippen MR) is 67.3 cm³/mol. The molecule has 0 fully saturated rings. The summed E-state index contributed by atoms with van der Waals surface area (Å²) in [6, 6.07) is 5.87. The molecule has 0 N–H and O–H groups in total. The van der Waals surface area contributed by atoms with Crippen molar-refractivity contribution in [3.8, 4) is 6.07 Å². The third-order valence-electron chi connectivity index (χ3n) is 2.24. The van der Waals surface area contributed by atoms with E-state index in [2.05, 4.69) is 0 Å². The fourth-order valence-corrected chi connectivity index (χ4v) is 2.83. The van der Waals surface area contributed by atoms with Gasteiger partial charge < -0.3 is 4.74 Å². The lowest BCUT2D eigenvalue weighted by Gasteiger charge is -2.03. The van der Waals surface area contributed by atoms with E-state index in [1.54, 1.807) is 6.07 Å². The first-order valence-electron chi connectivity index (χ1n) is 5.01. The second-order valence-electron chi connectivity index (χ2n) is 3.56. The molecule has 1 heterocycles. The van der Waals surface area contributed by atoms with E-state index in [-0.39, 0.29) is 9.90 Å². The van der Waals surface area contributed by atoms with Crippen molar-refractivity contribution in [3.63, 3.8) is 0 Å². The molecule has 0 amide bonds. The summed E-state index contributed by atoms with van der Waals surface area (Å²) in [4.78, 5) is 11.9. The fraction of sp³-hybridized carbons (Fsp3) is 0.167. The molecular formula is C12H7ClFNO2S. The normalized spacial score (nSPS) is 12.1. The van der Waals surface area contributed by atoms with Crippen molar-refractivity contribution < 1.29 is 13.9 Å². The highest BCUT2D eigenvalue weighted by molar-refractivity contribution is 7.21. The first-order valence-corrected chi connectivity index (χ1v) is 6.20. The third kappa shape index (κ3) is 2.30. The molecule has 0 aliphatic carbocycles. The van der Waals surface area contributed by atoms with Crippen molar-refractivity contribution in [1.82, 2.24) is 0 Å². The van der Waals surface area contributed by atoms with Gasteiger partial charge in [0.05, 0.1) is 5.02 Å². The fourth-order valence-electron chi connectivity index (χ4n) is 1.41. The molecule has 0 aliphatic rings. The summed E-state index contributed by atoms with van der Waals surface area (Å²) >= 11 is 7.08. The molecule has 2 rings (SSSR count). The van der Waals surface area contributed by atoms with Gasteiger partial charge in [-0.15, -0.1) is 11.3 Å². The lowest BCUT2D eigenvalue weighted by molar-refractivity contribution is 0.0441. The van der Waals surface area contributed by atoms with E-state index in [0.717, 1.165) is 11.3 Å². The van der Waals surface area contributed by atoms with Gasteiger partial charge in [0.15, 0.2) is 6.10 Å². The minimum Gasteiger partial charge on any atom is -0.443 e. The maximum Gasteiger partial charge on any atom is 0.351 e. The molecule has 18 heavy (non-hydrogen) atoms. The van der Waals surface area contributed by atoms with Crippen LogP contribution in [0.5, 0.6) is 0 Å². The predicted octanol–water partition coefficient (Wildman–Crippen LogP) is 3.76. The zero-order valence-electron chi connectivity index (χ0n) is 9.24. The van der Waals surface area contributed by atoms with Crippen LogP contribution in [0.25, 0.3) is 10.1 Å². The molecule has 1 aromatic heterocycles. The molecule has 0 bridgehead atoms. The van der Waals surface area contributed by atoms with Crippen LogP contribution in [0.3, 0.4) is 0 Å². The van der Waals surface area contributed by atoms with Crippen LogP contribution in [0.4, 0.5) is 4.39 Å². The Morgan fingerprint density at radius 2 is 2.33 bits per heavy atom. The Kier molecular flexibility index (Phi) is 3.50. The second kappa shape index (κ2) is 4.92. The van der Waals surface area contributed by atoms with Crippen LogP contribution in [0, 0.1) is 17.1 Å². The molecule has 1 aromatic carbocycles. The molecule has 0 unspecified atom stereocenters. The van der Waals surface area contributed by atoms with E-state index in [9.17, 15) is 9.18 Å². The van der Waals surface area contributed by atoms with Gasteiger partial charge in [-0.2, -0.15) is 5.26 Å². The summed E-state index contributed by atoms with van der Waals surface area (Å²) in [5.41, 5.74) is 0. The van der Waals surface area contributed by atoms with Crippen LogP contribution in [0.1, 0.15) is 16.6 Å². The number of esters is 1. The number of nitriles is 1. The zero-order valence-corrected chi connectivity index (χ0v) is 10.8. The Bertz CT molecular complexity index is 662. The number of fused-ring (bicyclic) bond motifs is 1. The molecule has 1 atom stereocenters. The van der Waals surface area contributed by atoms with Crippen LogP contribution in [0.2, 0.25) is 5.02 Å². The Labute approximate surface area is 111 Å². The number of nitrogens with zero attached hydrogens (tertiary/aromatic N) is 1. The smallest absolute Gasteiger partial charge is 0.351 e. The van der Waals surface area contributed by atoms with Gasteiger partial charge in [-0.05, 0) is 25.1 Å². The number of thiophene rings is 1. The standard InChI is InChI=1S/C12H7ClFNO2S/c1-6(5-15)17-12(16)11-10(13)8-3-2-7(14)4-9(8)18-11/h2-4,6H,1H3/t6-/m0/s1. The van der Waals surface area contributed by atoms with Crippen molar-refractivity contribution in [2.24, 2.45) is 0 Å². The number of carbonyl (C=O) groups is 1. The zero-order chi connectivity index (χ0) is 13.3. The van der Waals surface area contributed by atoms with Crippen molar-refractivity contribution >= 4 is 39.0 Å². The Morgan fingerprint density at radius 1 is 1.61 bits per heavy atom. The Balaban J connectivity index is 2.43. The van der Waals surface area contributed by atoms with E-state index in [4.69, 9.17) is 21.6 Å². The van der Waals surface area contributed by atoms with Gasteiger partial charge in [0.25, 0.3) is 0 Å². The average Bonchev–Trinajstić information content (AvgIpc) is 2.66. The van der Waals surface area contributed by atoms with Gasteiger partial charge in [0.2, 0.25) is 0 Å². The van der Waals surface area contributed by atoms with Crippen LogP contribution < -0.4 is 0 Å². The van der Waals surface area contributed by atoms with Crippen molar-refractivity contribution in [1.29, 1.82) is 5.26 Å². The summed E-state index contributed by atoms with van der Waals surface area (Å²) < 4.78 is 18.5. The molecule has 0 radical (unpaired) electrons. The number of benzene rings is 1. The minimum atomic E-state index is -0.851. The minimum absolute atomic E-state index is 0.180. The number of rotatable bonds is 2. The Hall–Kier alpha value is -1.64. The number of hydrogen-bond donors (Lipinski definition) is 0. The lowest BCUT2D eigenvalue weighted by Crippen LogP contribution is -2.12. The van der Waals surface area contributed by atoms with Gasteiger partial charge in [0.1, 0.15) is 16.8 Å². The monoisotopic (exact) mass is 283 g/mol. The van der Waals surface area contributed by atoms with E-state index in [1.165, 1.54) is 25.1 Å². The highest BCUT2D eigenvalue weighted by Gasteiger charge is 2.20. The van der Waals surface area contributed by atoms with E-state index in [1.807, 2.05) is 0 Å². The summed E-state index contributed by atoms with van der Waals surface area (Å²) in [5, 5.41) is 9.39. The van der Waals surface area contributed by atoms with Crippen molar-refractivity contribution in [2.75, 3.05) is 0 Å². The van der Waals surface area contributed by atoms with Gasteiger partial charge in [-0.3, -0.25) is 0 Å². The average molecular weight is 284 g/mol. The first-order chi connectivity index (χ1) is 8.52. The maximum absolute atomic E-state index is 13.0. The molecule has 2 aromatic rings. The van der Waals surface area contributed by atoms with Gasteiger partial charge >= 0.3 is 5.97 Å². The number of halogens is 2. The first kappa shape index (κ1) is 12.8. The summed E-state index contributed by atoms with van der Waals surface area (Å²) in [5.74, 6) is -1.07. The van der Waals surface area contributed by atoms with E-state index in [0.29, 0.717) is 10.1 Å². The number of carbonyl (C=O) groups excluding carboxylic acids is 1. The number of ether oxygens (including phenoxy) is 1. The molecule has 0 saturated heterocycles. The molecule has 3 nitrogen and oxygen atoms in total. The highest BCUT2D eigenvalue weighted by atomic mass is 35.5. The molecule has 0 saturated carbocycles. The highest BCUT2D eigenvalue weighted by Crippen LogP contribution is 2.36. The summed E-state index contributed by atoms with van der Waals surface area (Å²) in [7, 11) is 0. The van der Waals surface area contributed by atoms with Crippen molar-refractivity contribution in [3.05, 3.63) is 33.9 Å². The largest absolute Gasteiger partial charge is 0.443 e. The van der Waals surface area contributed by atoms with Crippen LogP contribution in [0.15, 0.2) is 18.2 Å². The van der Waals surface area contributed by atoms with Crippen molar-refractivity contribution in [2.45, 2.75) is 13.0 Å². The second-order valence-corrected chi connectivity index (χ2v) is 4.99. The summed E-state index contributed by atoms with van der Waals surface area (Å²) in [6.07, 6.45) is -0.851. The Morgan fingerprint density at radius 3 is 3.00 bits per heavy atom. The molecule has 0 aliphatic heterocycles. The topological polar surface area (TPSA) is 50.1 Å². The molecule has 0 spiro atoms. The van der Waals surface area contributed by atoms with E-state index < -0.39 is 17.9 Å². The van der Waals surface area contributed by atoms with E-state index >= 15 is 0 Å². The van der Waals surface area contributed by atoms with Gasteiger partial charge in [0, 0.05) is 10.1 Å². The van der Waals surface area contributed by atoms with Crippen LogP contribution in [-0.4, -0.2) is 12.1 Å². The third-order valence-corrected chi connectivity index (χ3v) is 3.88. The van der Waals surface area contributed by atoms with Gasteiger partial charge in [-0.1, -0.05) is 11.6 Å². The lowest BCUT2D eigenvalue weighted by atomic mass is 10.2. The quantitative estimate of drug-likeness (QED) is 0.789. The molecule has 92 valence electrons. The molecular weight excluding hydrogens is 277 g/mol. The SMILES string of the molecule is C[C@@H](C#N)OC(=O)c1sc2cc(F)ccc2c1Cl. The maximum atomic E-state index is 13.0. The van der Waals surface area contributed by atoms with Crippen LogP contribution in [-0.2, 0) is 4.74 Å². The summed E-state index contributed by atoms with van der Waals surface area (Å²) in [6.45, 7) is 1.46. The molecule has 6 heteroatoms.